The third-order valence-electron chi connectivity index (χ3n) is 2.56. The Morgan fingerprint density at radius 3 is 2.88 bits per heavy atom. The van der Waals surface area contributed by atoms with Gasteiger partial charge in [0.1, 0.15) is 6.33 Å². The van der Waals surface area contributed by atoms with Gasteiger partial charge in [0.2, 0.25) is 4.96 Å². The lowest BCUT2D eigenvalue weighted by Gasteiger charge is -2.02. The normalized spacial score (nSPS) is 11.1. The molecule has 2 heterocycles. The summed E-state index contributed by atoms with van der Waals surface area (Å²) in [6.45, 7) is 2.03. The van der Waals surface area contributed by atoms with E-state index in [2.05, 4.69) is 10.1 Å². The molecule has 0 unspecified atom stereocenters. The third-order valence-corrected chi connectivity index (χ3v) is 3.74. The SMILES string of the molecule is Cc1c(-c2ccccc2N)sc2ncnn12. The van der Waals surface area contributed by atoms with Gasteiger partial charge in [-0.25, -0.2) is 9.50 Å². The van der Waals surface area contributed by atoms with Gasteiger partial charge in [-0.15, -0.1) is 0 Å². The molecule has 0 saturated carbocycles. The van der Waals surface area contributed by atoms with Crippen LogP contribution in [0.4, 0.5) is 5.69 Å². The summed E-state index contributed by atoms with van der Waals surface area (Å²) in [4.78, 5) is 6.22. The van der Waals surface area contributed by atoms with Crippen molar-refractivity contribution in [1.29, 1.82) is 0 Å². The number of rotatable bonds is 1. The van der Waals surface area contributed by atoms with Gasteiger partial charge in [0.25, 0.3) is 0 Å². The highest BCUT2D eigenvalue weighted by Gasteiger charge is 2.13. The van der Waals surface area contributed by atoms with Gasteiger partial charge in [0.05, 0.1) is 10.6 Å². The fraction of sp³-hybridized carbons (Fsp3) is 0.0909. The molecular weight excluding hydrogens is 220 g/mol. The Balaban J connectivity index is 2.30. The van der Waals surface area contributed by atoms with Crippen LogP contribution in [0.5, 0.6) is 0 Å². The summed E-state index contributed by atoms with van der Waals surface area (Å²) in [5.74, 6) is 0. The van der Waals surface area contributed by atoms with E-state index in [0.717, 1.165) is 26.8 Å². The number of nitrogens with two attached hydrogens (primary N) is 1. The van der Waals surface area contributed by atoms with Crippen LogP contribution in [0.2, 0.25) is 0 Å². The number of aromatic nitrogens is 3. The molecule has 0 spiro atoms. The van der Waals surface area contributed by atoms with Gasteiger partial charge < -0.3 is 5.73 Å². The lowest BCUT2D eigenvalue weighted by atomic mass is 10.1. The highest BCUT2D eigenvalue weighted by molar-refractivity contribution is 7.20. The fourth-order valence-corrected chi connectivity index (χ4v) is 2.83. The van der Waals surface area contributed by atoms with Crippen LogP contribution in [0.15, 0.2) is 30.6 Å². The number of nitrogen functional groups attached to an aromatic ring is 1. The molecule has 80 valence electrons. The molecule has 3 aromatic rings. The number of fused-ring (bicyclic) bond motifs is 1. The molecule has 0 aliphatic rings. The highest BCUT2D eigenvalue weighted by atomic mass is 32.1. The minimum Gasteiger partial charge on any atom is -0.398 e. The number of thiazole rings is 1. The lowest BCUT2D eigenvalue weighted by molar-refractivity contribution is 0.933. The number of hydrogen-bond acceptors (Lipinski definition) is 4. The van der Waals surface area contributed by atoms with E-state index in [0.29, 0.717) is 0 Å². The molecule has 1 aromatic carbocycles. The minimum atomic E-state index is 0.787. The fourth-order valence-electron chi connectivity index (χ4n) is 1.75. The largest absolute Gasteiger partial charge is 0.398 e. The predicted octanol–water partition coefficient (Wildman–Crippen LogP) is 2.35. The van der Waals surface area contributed by atoms with E-state index >= 15 is 0 Å². The first kappa shape index (κ1) is 9.35. The van der Waals surface area contributed by atoms with Crippen molar-refractivity contribution in [3.05, 3.63) is 36.3 Å². The number of para-hydroxylation sites is 1. The average Bonchev–Trinajstić information content (AvgIpc) is 2.83. The van der Waals surface area contributed by atoms with E-state index in [1.165, 1.54) is 0 Å². The second kappa shape index (κ2) is 3.31. The Kier molecular flexibility index (Phi) is 1.94. The van der Waals surface area contributed by atoms with Gasteiger partial charge in [0.15, 0.2) is 0 Å². The zero-order chi connectivity index (χ0) is 11.1. The van der Waals surface area contributed by atoms with Crippen LogP contribution in [0, 0.1) is 6.92 Å². The van der Waals surface area contributed by atoms with Crippen LogP contribution < -0.4 is 5.73 Å². The van der Waals surface area contributed by atoms with Crippen LogP contribution in [-0.4, -0.2) is 14.6 Å². The van der Waals surface area contributed by atoms with Gasteiger partial charge >= 0.3 is 0 Å². The van der Waals surface area contributed by atoms with Crippen molar-refractivity contribution in [3.8, 4) is 10.4 Å². The molecule has 0 saturated heterocycles. The molecule has 0 radical (unpaired) electrons. The number of aryl methyl sites for hydroxylation is 1. The summed E-state index contributed by atoms with van der Waals surface area (Å²) in [7, 11) is 0. The van der Waals surface area contributed by atoms with E-state index in [4.69, 9.17) is 5.73 Å². The van der Waals surface area contributed by atoms with Gasteiger partial charge in [-0.1, -0.05) is 29.5 Å². The Morgan fingerprint density at radius 1 is 1.31 bits per heavy atom. The Morgan fingerprint density at radius 2 is 2.12 bits per heavy atom. The van der Waals surface area contributed by atoms with Crippen molar-refractivity contribution in [2.24, 2.45) is 0 Å². The Labute approximate surface area is 96.4 Å². The maximum Gasteiger partial charge on any atom is 0.212 e. The van der Waals surface area contributed by atoms with E-state index < -0.39 is 0 Å². The van der Waals surface area contributed by atoms with Gasteiger partial charge in [-0.05, 0) is 13.0 Å². The molecule has 0 bridgehead atoms. The van der Waals surface area contributed by atoms with E-state index in [9.17, 15) is 0 Å². The van der Waals surface area contributed by atoms with E-state index in [-0.39, 0.29) is 0 Å². The quantitative estimate of drug-likeness (QED) is 0.653. The number of anilines is 1. The van der Waals surface area contributed by atoms with E-state index in [1.54, 1.807) is 17.7 Å². The number of hydrogen-bond donors (Lipinski definition) is 1. The first-order chi connectivity index (χ1) is 7.77. The van der Waals surface area contributed by atoms with Crippen LogP contribution in [0.1, 0.15) is 5.69 Å². The third kappa shape index (κ3) is 1.22. The monoisotopic (exact) mass is 230 g/mol. The maximum atomic E-state index is 5.97. The lowest BCUT2D eigenvalue weighted by Crippen LogP contribution is -1.91. The van der Waals surface area contributed by atoms with Crippen LogP contribution >= 0.6 is 11.3 Å². The summed E-state index contributed by atoms with van der Waals surface area (Å²) in [6, 6.07) is 7.85. The summed E-state index contributed by atoms with van der Waals surface area (Å²) >= 11 is 1.61. The molecule has 2 N–H and O–H groups in total. The van der Waals surface area contributed by atoms with E-state index in [1.807, 2.05) is 35.7 Å². The number of nitrogens with zero attached hydrogens (tertiary/aromatic N) is 3. The average molecular weight is 230 g/mol. The zero-order valence-corrected chi connectivity index (χ0v) is 9.53. The second-order valence-corrected chi connectivity index (χ2v) is 4.54. The maximum absolute atomic E-state index is 5.97. The molecule has 0 aliphatic carbocycles. The highest BCUT2D eigenvalue weighted by Crippen LogP contribution is 2.34. The van der Waals surface area contributed by atoms with Crippen molar-refractivity contribution >= 4 is 22.0 Å². The summed E-state index contributed by atoms with van der Waals surface area (Å²) in [5, 5.41) is 4.17. The molecule has 4 nitrogen and oxygen atoms in total. The standard InChI is InChI=1S/C11H10N4S/c1-7-10(8-4-2-3-5-9(8)12)16-11-13-6-14-15(7)11/h2-6H,12H2,1H3. The molecule has 0 fully saturated rings. The van der Waals surface area contributed by atoms with Gasteiger partial charge in [-0.3, -0.25) is 0 Å². The minimum absolute atomic E-state index is 0.787. The van der Waals surface area contributed by atoms with Crippen LogP contribution in [0.3, 0.4) is 0 Å². The van der Waals surface area contributed by atoms with Gasteiger partial charge in [-0.2, -0.15) is 5.10 Å². The molecule has 5 heteroatoms. The van der Waals surface area contributed by atoms with Crippen molar-refractivity contribution in [3.63, 3.8) is 0 Å². The van der Waals surface area contributed by atoms with Crippen molar-refractivity contribution in [1.82, 2.24) is 14.6 Å². The van der Waals surface area contributed by atoms with Crippen molar-refractivity contribution < 1.29 is 0 Å². The topological polar surface area (TPSA) is 56.2 Å². The van der Waals surface area contributed by atoms with Crippen molar-refractivity contribution in [2.75, 3.05) is 5.73 Å². The molecule has 0 atom stereocenters. The second-order valence-electron chi connectivity index (χ2n) is 3.56. The number of benzene rings is 1. The predicted molar refractivity (Wildman–Crippen MR) is 65.4 cm³/mol. The summed E-state index contributed by atoms with van der Waals surface area (Å²) < 4.78 is 1.84. The van der Waals surface area contributed by atoms with Crippen LogP contribution in [-0.2, 0) is 0 Å². The molecular formula is C11H10N4S. The van der Waals surface area contributed by atoms with Gasteiger partial charge in [0, 0.05) is 11.3 Å². The summed E-state index contributed by atoms with van der Waals surface area (Å²) in [6.07, 6.45) is 1.57. The first-order valence-electron chi connectivity index (χ1n) is 4.91. The van der Waals surface area contributed by atoms with Crippen molar-refractivity contribution in [2.45, 2.75) is 6.92 Å². The molecule has 0 aliphatic heterocycles. The molecule has 3 rings (SSSR count). The molecule has 16 heavy (non-hydrogen) atoms. The molecule has 2 aromatic heterocycles. The Bertz CT molecular complexity index is 653. The molecule has 0 amide bonds. The Hall–Kier alpha value is -1.88. The van der Waals surface area contributed by atoms with Crippen LogP contribution in [0.25, 0.3) is 15.4 Å². The smallest absolute Gasteiger partial charge is 0.212 e. The first-order valence-corrected chi connectivity index (χ1v) is 5.73. The summed E-state index contributed by atoms with van der Waals surface area (Å²) in [5.41, 5.74) is 8.89. The zero-order valence-electron chi connectivity index (χ0n) is 8.71.